The molecule has 0 amide bonds. The fourth-order valence-corrected chi connectivity index (χ4v) is 2.57. The smallest absolute Gasteiger partial charge is 0.0471 e. The molecular formula is C13H27NO. The molecule has 1 fully saturated rings. The fraction of sp³-hybridized carbons (Fsp3) is 1.00. The van der Waals surface area contributed by atoms with Crippen LogP contribution >= 0.6 is 0 Å². The van der Waals surface area contributed by atoms with Crippen molar-refractivity contribution >= 4 is 0 Å². The van der Waals surface area contributed by atoms with Gasteiger partial charge in [-0.05, 0) is 37.1 Å². The molecule has 1 aliphatic rings. The molecule has 90 valence electrons. The van der Waals surface area contributed by atoms with Crippen LogP contribution in [0.5, 0.6) is 0 Å². The molecule has 1 atom stereocenters. The highest BCUT2D eigenvalue weighted by Crippen LogP contribution is 2.39. The lowest BCUT2D eigenvalue weighted by Gasteiger charge is -2.42. The minimum Gasteiger partial charge on any atom is -0.381 e. The van der Waals surface area contributed by atoms with Gasteiger partial charge in [-0.2, -0.15) is 0 Å². The molecule has 15 heavy (non-hydrogen) atoms. The van der Waals surface area contributed by atoms with Gasteiger partial charge in [0.15, 0.2) is 0 Å². The lowest BCUT2D eigenvalue weighted by atomic mass is 9.69. The van der Waals surface area contributed by atoms with E-state index in [0.717, 1.165) is 25.7 Å². The Labute approximate surface area is 94.8 Å². The van der Waals surface area contributed by atoms with Crippen LogP contribution in [0.1, 0.15) is 46.5 Å². The lowest BCUT2D eigenvalue weighted by Crippen LogP contribution is -2.43. The quantitative estimate of drug-likeness (QED) is 0.685. The van der Waals surface area contributed by atoms with Crippen molar-refractivity contribution in [3.63, 3.8) is 0 Å². The van der Waals surface area contributed by atoms with Crippen molar-refractivity contribution in [2.75, 3.05) is 26.3 Å². The van der Waals surface area contributed by atoms with E-state index in [0.29, 0.717) is 5.41 Å². The van der Waals surface area contributed by atoms with Gasteiger partial charge in [0.1, 0.15) is 0 Å². The molecule has 0 aromatic carbocycles. The molecule has 1 aliphatic heterocycles. The van der Waals surface area contributed by atoms with E-state index in [4.69, 9.17) is 4.74 Å². The van der Waals surface area contributed by atoms with Crippen LogP contribution in [-0.4, -0.2) is 26.3 Å². The Morgan fingerprint density at radius 3 is 2.47 bits per heavy atom. The van der Waals surface area contributed by atoms with Crippen LogP contribution in [0.25, 0.3) is 0 Å². The zero-order valence-electron chi connectivity index (χ0n) is 10.6. The molecule has 0 saturated carbocycles. The summed E-state index contributed by atoms with van der Waals surface area (Å²) in [5.74, 6) is 0.811. The Balaban J connectivity index is 2.50. The van der Waals surface area contributed by atoms with Crippen LogP contribution < -0.4 is 5.32 Å². The van der Waals surface area contributed by atoms with Gasteiger partial charge in [-0.15, -0.1) is 0 Å². The molecule has 1 N–H and O–H groups in total. The Morgan fingerprint density at radius 1 is 1.27 bits per heavy atom. The molecule has 2 heteroatoms. The lowest BCUT2D eigenvalue weighted by molar-refractivity contribution is -0.0148. The van der Waals surface area contributed by atoms with Crippen molar-refractivity contribution < 1.29 is 4.74 Å². The van der Waals surface area contributed by atoms with E-state index >= 15 is 0 Å². The summed E-state index contributed by atoms with van der Waals surface area (Å²) in [6.45, 7) is 11.2. The molecular weight excluding hydrogens is 186 g/mol. The van der Waals surface area contributed by atoms with Crippen LogP contribution in [0.2, 0.25) is 0 Å². The van der Waals surface area contributed by atoms with E-state index in [-0.39, 0.29) is 0 Å². The SMILES string of the molecule is CCCNCC1(C(C)CC)CCOCC1. The van der Waals surface area contributed by atoms with Gasteiger partial charge in [-0.3, -0.25) is 0 Å². The van der Waals surface area contributed by atoms with Gasteiger partial charge in [0.05, 0.1) is 0 Å². The van der Waals surface area contributed by atoms with Gasteiger partial charge in [-0.25, -0.2) is 0 Å². The Kier molecular flexibility index (Phi) is 5.62. The summed E-state index contributed by atoms with van der Waals surface area (Å²) in [7, 11) is 0. The van der Waals surface area contributed by atoms with Crippen molar-refractivity contribution in [3.05, 3.63) is 0 Å². The molecule has 0 spiro atoms. The second-order valence-electron chi connectivity index (χ2n) is 4.96. The molecule has 2 nitrogen and oxygen atoms in total. The largest absolute Gasteiger partial charge is 0.381 e. The summed E-state index contributed by atoms with van der Waals surface area (Å²) < 4.78 is 5.50. The third-order valence-electron chi connectivity index (χ3n) is 4.05. The van der Waals surface area contributed by atoms with E-state index in [2.05, 4.69) is 26.1 Å². The van der Waals surface area contributed by atoms with Crippen molar-refractivity contribution in [3.8, 4) is 0 Å². The van der Waals surface area contributed by atoms with E-state index < -0.39 is 0 Å². The van der Waals surface area contributed by atoms with Crippen molar-refractivity contribution in [1.29, 1.82) is 0 Å². The summed E-state index contributed by atoms with van der Waals surface area (Å²) in [6, 6.07) is 0. The first-order valence-electron chi connectivity index (χ1n) is 6.53. The second kappa shape index (κ2) is 6.49. The predicted octanol–water partition coefficient (Wildman–Crippen LogP) is 2.83. The Hall–Kier alpha value is -0.0800. The maximum Gasteiger partial charge on any atom is 0.0471 e. The first kappa shape index (κ1) is 13.0. The summed E-state index contributed by atoms with van der Waals surface area (Å²) >= 11 is 0. The molecule has 0 aromatic heterocycles. The first-order chi connectivity index (χ1) is 7.25. The molecule has 1 unspecified atom stereocenters. The topological polar surface area (TPSA) is 21.3 Å². The Bertz CT molecular complexity index is 164. The molecule has 0 radical (unpaired) electrons. The number of nitrogens with one attached hydrogen (secondary N) is 1. The average Bonchev–Trinajstić information content (AvgIpc) is 2.29. The highest BCUT2D eigenvalue weighted by molar-refractivity contribution is 4.87. The van der Waals surface area contributed by atoms with Gasteiger partial charge in [0.2, 0.25) is 0 Å². The normalized spacial score (nSPS) is 22.6. The minimum atomic E-state index is 0.502. The van der Waals surface area contributed by atoms with Gasteiger partial charge in [0.25, 0.3) is 0 Å². The van der Waals surface area contributed by atoms with Gasteiger partial charge >= 0.3 is 0 Å². The number of hydrogen-bond acceptors (Lipinski definition) is 2. The highest BCUT2D eigenvalue weighted by Gasteiger charge is 2.36. The van der Waals surface area contributed by atoms with Gasteiger partial charge in [0, 0.05) is 19.8 Å². The second-order valence-corrected chi connectivity index (χ2v) is 4.96. The van der Waals surface area contributed by atoms with Crippen LogP contribution in [-0.2, 0) is 4.74 Å². The molecule has 1 heterocycles. The van der Waals surface area contributed by atoms with Crippen LogP contribution in [0, 0.1) is 11.3 Å². The van der Waals surface area contributed by atoms with Crippen LogP contribution in [0.15, 0.2) is 0 Å². The average molecular weight is 213 g/mol. The predicted molar refractivity (Wildman–Crippen MR) is 65.1 cm³/mol. The van der Waals surface area contributed by atoms with Crippen molar-refractivity contribution in [1.82, 2.24) is 5.32 Å². The molecule has 0 aliphatic carbocycles. The zero-order chi connectivity index (χ0) is 11.1. The van der Waals surface area contributed by atoms with E-state index in [9.17, 15) is 0 Å². The monoisotopic (exact) mass is 213 g/mol. The maximum absolute atomic E-state index is 5.50. The molecule has 1 saturated heterocycles. The molecule has 0 bridgehead atoms. The van der Waals surface area contributed by atoms with Crippen LogP contribution in [0.4, 0.5) is 0 Å². The standard InChI is InChI=1S/C13H27NO/c1-4-8-14-11-13(12(3)5-2)6-9-15-10-7-13/h12,14H,4-11H2,1-3H3. The van der Waals surface area contributed by atoms with E-state index in [1.165, 1.54) is 32.2 Å². The molecule has 1 rings (SSSR count). The minimum absolute atomic E-state index is 0.502. The van der Waals surface area contributed by atoms with E-state index in [1.807, 2.05) is 0 Å². The summed E-state index contributed by atoms with van der Waals surface area (Å²) in [5, 5.41) is 3.61. The van der Waals surface area contributed by atoms with Gasteiger partial charge < -0.3 is 10.1 Å². The van der Waals surface area contributed by atoms with Crippen LogP contribution in [0.3, 0.4) is 0 Å². The van der Waals surface area contributed by atoms with E-state index in [1.54, 1.807) is 0 Å². The molecule has 0 aromatic rings. The van der Waals surface area contributed by atoms with Gasteiger partial charge in [-0.1, -0.05) is 27.2 Å². The number of rotatable bonds is 6. The summed E-state index contributed by atoms with van der Waals surface area (Å²) in [5.41, 5.74) is 0.502. The Morgan fingerprint density at radius 2 is 1.93 bits per heavy atom. The van der Waals surface area contributed by atoms with Crippen molar-refractivity contribution in [2.24, 2.45) is 11.3 Å². The highest BCUT2D eigenvalue weighted by atomic mass is 16.5. The summed E-state index contributed by atoms with van der Waals surface area (Å²) in [6.07, 6.45) is 4.98. The third kappa shape index (κ3) is 3.46. The zero-order valence-corrected chi connectivity index (χ0v) is 10.6. The third-order valence-corrected chi connectivity index (χ3v) is 4.05. The number of hydrogen-bond donors (Lipinski definition) is 1. The maximum atomic E-state index is 5.50. The first-order valence-corrected chi connectivity index (χ1v) is 6.53. The van der Waals surface area contributed by atoms with Crippen molar-refractivity contribution in [2.45, 2.75) is 46.5 Å². The fourth-order valence-electron chi connectivity index (χ4n) is 2.57. The summed E-state index contributed by atoms with van der Waals surface area (Å²) in [4.78, 5) is 0. The number of ether oxygens (including phenoxy) is 1.